The largest absolute Gasteiger partial charge is 0.342 e. The zero-order valence-electron chi connectivity index (χ0n) is 21.5. The Bertz CT molecular complexity index is 1630. The maximum absolute atomic E-state index is 13.5. The maximum Gasteiger partial charge on any atom is 0.252 e. The van der Waals surface area contributed by atoms with Gasteiger partial charge in [0.1, 0.15) is 5.82 Å². The van der Waals surface area contributed by atoms with Crippen molar-refractivity contribution in [3.8, 4) is 5.69 Å². The van der Waals surface area contributed by atoms with Gasteiger partial charge >= 0.3 is 0 Å². The van der Waals surface area contributed by atoms with E-state index < -0.39 is 6.04 Å². The highest BCUT2D eigenvalue weighted by Gasteiger charge is 2.26. The average Bonchev–Trinajstić information content (AvgIpc) is 3.36. The van der Waals surface area contributed by atoms with Crippen molar-refractivity contribution >= 4 is 40.9 Å². The topological polar surface area (TPSA) is 59.8 Å². The van der Waals surface area contributed by atoms with Gasteiger partial charge in [0.25, 0.3) is 5.91 Å². The molecule has 5 nitrogen and oxygen atoms in total. The van der Waals surface area contributed by atoms with Gasteiger partial charge in [0.15, 0.2) is 11.0 Å². The number of nitrogens with zero attached hydrogens (tertiary/aromatic N) is 3. The van der Waals surface area contributed by atoms with Crippen LogP contribution in [-0.4, -0.2) is 20.7 Å². The van der Waals surface area contributed by atoms with Crippen LogP contribution in [-0.2, 0) is 12.2 Å². The van der Waals surface area contributed by atoms with E-state index in [9.17, 15) is 9.18 Å². The lowest BCUT2D eigenvalue weighted by atomic mass is 10.0. The number of carbonyl (C=O) groups excluding carboxylic acids is 1. The Labute approximate surface area is 246 Å². The third kappa shape index (κ3) is 6.55. The van der Waals surface area contributed by atoms with E-state index >= 15 is 0 Å². The van der Waals surface area contributed by atoms with Gasteiger partial charge < -0.3 is 5.32 Å². The van der Waals surface area contributed by atoms with Gasteiger partial charge in [-0.25, -0.2) is 4.39 Å². The Morgan fingerprint density at radius 2 is 1.65 bits per heavy atom. The van der Waals surface area contributed by atoms with Crippen LogP contribution in [0.15, 0.2) is 102 Å². The van der Waals surface area contributed by atoms with Gasteiger partial charge in [-0.2, -0.15) is 0 Å². The number of hydrogen-bond acceptors (Lipinski definition) is 4. The van der Waals surface area contributed by atoms with Crippen LogP contribution in [0, 0.1) is 12.7 Å². The summed E-state index contributed by atoms with van der Waals surface area (Å²) in [6.45, 7) is 1.90. The van der Waals surface area contributed by atoms with Crippen molar-refractivity contribution in [2.45, 2.75) is 30.3 Å². The molecule has 9 heteroatoms. The molecule has 0 saturated heterocycles. The molecule has 40 heavy (non-hydrogen) atoms. The number of rotatable bonds is 9. The van der Waals surface area contributed by atoms with Crippen molar-refractivity contribution in [2.24, 2.45) is 0 Å². The summed E-state index contributed by atoms with van der Waals surface area (Å²) in [7, 11) is 0. The van der Waals surface area contributed by atoms with Crippen LogP contribution >= 0.6 is 35.0 Å². The van der Waals surface area contributed by atoms with Crippen molar-refractivity contribution in [2.75, 3.05) is 0 Å². The van der Waals surface area contributed by atoms with Crippen molar-refractivity contribution in [1.82, 2.24) is 20.1 Å². The summed E-state index contributed by atoms with van der Waals surface area (Å²) in [6.07, 6.45) is 0.477. The first kappa shape index (κ1) is 27.9. The molecule has 1 heterocycles. The number of amides is 1. The van der Waals surface area contributed by atoms with Crippen molar-refractivity contribution < 1.29 is 9.18 Å². The smallest absolute Gasteiger partial charge is 0.252 e. The number of nitrogens with one attached hydrogen (secondary N) is 1. The number of carbonyl (C=O) groups is 1. The van der Waals surface area contributed by atoms with Crippen LogP contribution in [0.25, 0.3) is 5.69 Å². The molecule has 0 spiro atoms. The van der Waals surface area contributed by atoms with E-state index in [2.05, 4.69) is 15.5 Å². The summed E-state index contributed by atoms with van der Waals surface area (Å²) in [4.78, 5) is 13.5. The summed E-state index contributed by atoms with van der Waals surface area (Å²) < 4.78 is 15.3. The molecule has 1 N–H and O–H groups in total. The summed E-state index contributed by atoms with van der Waals surface area (Å²) in [5.74, 6) is 0.552. The highest BCUT2D eigenvalue weighted by atomic mass is 35.5. The molecule has 1 aromatic heterocycles. The number of hydrogen-bond donors (Lipinski definition) is 1. The second kappa shape index (κ2) is 12.7. The molecule has 1 amide bonds. The Kier molecular flexibility index (Phi) is 8.85. The van der Waals surface area contributed by atoms with Gasteiger partial charge in [0, 0.05) is 16.3 Å². The highest BCUT2D eigenvalue weighted by molar-refractivity contribution is 7.98. The standard InChI is InChI=1S/C31H25Cl2FN4OS/c1-20-7-5-6-10-25(20)30(39)35-27(17-21-8-3-2-4-9-21)29-36-37-31(40-19-22-11-14-24(34)15-12-22)38(29)28-16-13-23(32)18-26(28)33/h2-16,18,27H,17,19H2,1H3,(H,35,39). The van der Waals surface area contributed by atoms with Crippen molar-refractivity contribution in [3.63, 3.8) is 0 Å². The lowest BCUT2D eigenvalue weighted by Crippen LogP contribution is -2.32. The molecular weight excluding hydrogens is 566 g/mol. The molecule has 5 aromatic rings. The van der Waals surface area contributed by atoms with Crippen LogP contribution in [0.2, 0.25) is 10.0 Å². The van der Waals surface area contributed by atoms with E-state index in [4.69, 9.17) is 23.2 Å². The van der Waals surface area contributed by atoms with Crippen molar-refractivity contribution in [1.29, 1.82) is 0 Å². The first-order valence-corrected chi connectivity index (χ1v) is 14.3. The molecule has 1 atom stereocenters. The fourth-order valence-electron chi connectivity index (χ4n) is 4.34. The third-order valence-electron chi connectivity index (χ3n) is 6.38. The molecule has 1 unspecified atom stereocenters. The minimum atomic E-state index is -0.533. The number of aromatic nitrogens is 3. The van der Waals surface area contributed by atoms with Gasteiger partial charge in [-0.1, -0.05) is 95.6 Å². The third-order valence-corrected chi connectivity index (χ3v) is 7.92. The monoisotopic (exact) mass is 590 g/mol. The molecule has 0 radical (unpaired) electrons. The molecular formula is C31H25Cl2FN4OS. The van der Waals surface area contributed by atoms with E-state index in [1.807, 2.05) is 66.1 Å². The zero-order chi connectivity index (χ0) is 28.1. The Morgan fingerprint density at radius 3 is 2.38 bits per heavy atom. The Hall–Kier alpha value is -3.65. The predicted octanol–water partition coefficient (Wildman–Crippen LogP) is 8.03. The van der Waals surface area contributed by atoms with Gasteiger partial charge in [0.2, 0.25) is 0 Å². The number of aryl methyl sites for hydroxylation is 1. The summed E-state index contributed by atoms with van der Waals surface area (Å²) >= 11 is 14.3. The van der Waals surface area contributed by atoms with Crippen LogP contribution in [0.1, 0.15) is 38.9 Å². The van der Waals surface area contributed by atoms with Crippen LogP contribution in [0.4, 0.5) is 4.39 Å². The zero-order valence-corrected chi connectivity index (χ0v) is 23.8. The summed E-state index contributed by atoms with van der Waals surface area (Å²) in [6, 6.07) is 28.3. The fraction of sp³-hybridized carbons (Fsp3) is 0.129. The van der Waals surface area contributed by atoms with Gasteiger partial charge in [-0.05, 0) is 66.4 Å². The van der Waals surface area contributed by atoms with E-state index in [-0.39, 0.29) is 11.7 Å². The maximum atomic E-state index is 13.5. The molecule has 0 bridgehead atoms. The summed E-state index contributed by atoms with van der Waals surface area (Å²) in [5, 5.41) is 13.8. The van der Waals surface area contributed by atoms with Gasteiger partial charge in [0.05, 0.1) is 16.8 Å². The van der Waals surface area contributed by atoms with Gasteiger partial charge in [-0.3, -0.25) is 9.36 Å². The molecule has 0 saturated carbocycles. The van der Waals surface area contributed by atoms with Crippen LogP contribution in [0.3, 0.4) is 0 Å². The SMILES string of the molecule is Cc1ccccc1C(=O)NC(Cc1ccccc1)c1nnc(SCc2ccc(F)cc2)n1-c1ccc(Cl)cc1Cl. The number of benzene rings is 4. The molecule has 4 aromatic carbocycles. The Balaban J connectivity index is 1.57. The van der Waals surface area contributed by atoms with Crippen molar-refractivity contribution in [3.05, 3.63) is 141 Å². The normalized spacial score (nSPS) is 11.8. The second-order valence-electron chi connectivity index (χ2n) is 9.22. The van der Waals surface area contributed by atoms with E-state index in [0.29, 0.717) is 44.5 Å². The first-order chi connectivity index (χ1) is 19.4. The molecule has 0 fully saturated rings. The fourth-order valence-corrected chi connectivity index (χ4v) is 5.74. The number of thioether (sulfide) groups is 1. The van der Waals surface area contributed by atoms with Gasteiger partial charge in [-0.15, -0.1) is 10.2 Å². The van der Waals surface area contributed by atoms with E-state index in [1.165, 1.54) is 23.9 Å². The highest BCUT2D eigenvalue weighted by Crippen LogP contribution is 2.33. The molecule has 0 aliphatic carbocycles. The van der Waals surface area contributed by atoms with E-state index in [0.717, 1.165) is 16.7 Å². The van der Waals surface area contributed by atoms with E-state index in [1.54, 1.807) is 30.3 Å². The number of halogens is 3. The minimum Gasteiger partial charge on any atom is -0.342 e. The lowest BCUT2D eigenvalue weighted by molar-refractivity contribution is 0.0933. The second-order valence-corrected chi connectivity index (χ2v) is 11.0. The van der Waals surface area contributed by atoms with Crippen LogP contribution in [0.5, 0.6) is 0 Å². The summed E-state index contributed by atoms with van der Waals surface area (Å²) in [5.41, 5.74) is 4.04. The molecule has 0 aliphatic heterocycles. The molecule has 5 rings (SSSR count). The first-order valence-electron chi connectivity index (χ1n) is 12.6. The molecule has 202 valence electrons. The lowest BCUT2D eigenvalue weighted by Gasteiger charge is -2.21. The Morgan fingerprint density at radius 1 is 0.925 bits per heavy atom. The molecule has 0 aliphatic rings. The van der Waals surface area contributed by atoms with Crippen LogP contribution < -0.4 is 5.32 Å². The quantitative estimate of drug-likeness (QED) is 0.176. The average molecular weight is 592 g/mol. The minimum absolute atomic E-state index is 0.212. The predicted molar refractivity (Wildman–Crippen MR) is 159 cm³/mol.